The Bertz CT molecular complexity index is 346. The molecular formula is C11H19N5. The van der Waals surface area contributed by atoms with Crippen LogP contribution >= 0.6 is 0 Å². The van der Waals surface area contributed by atoms with Gasteiger partial charge < -0.3 is 10.7 Å². The first-order valence-electron chi connectivity index (χ1n) is 5.83. The molecule has 0 amide bonds. The Hall–Kier alpha value is -1.36. The van der Waals surface area contributed by atoms with Crippen molar-refractivity contribution in [1.82, 2.24) is 15.0 Å². The second-order valence-electron chi connectivity index (χ2n) is 4.10. The summed E-state index contributed by atoms with van der Waals surface area (Å²) in [5.74, 6) is 2.51. The molecule has 2 N–H and O–H groups in total. The van der Waals surface area contributed by atoms with Crippen molar-refractivity contribution in [2.75, 3.05) is 30.9 Å². The normalized spacial score (nSPS) is 17.1. The van der Waals surface area contributed by atoms with E-state index in [1.807, 2.05) is 20.0 Å². The van der Waals surface area contributed by atoms with Gasteiger partial charge in [0.1, 0.15) is 17.5 Å². The zero-order valence-corrected chi connectivity index (χ0v) is 9.95. The Morgan fingerprint density at radius 3 is 2.50 bits per heavy atom. The molecule has 0 radical (unpaired) electrons. The number of piperidine rings is 1. The molecule has 5 heteroatoms. The fraction of sp³-hybridized carbons (Fsp3) is 0.636. The molecule has 0 bridgehead atoms. The summed E-state index contributed by atoms with van der Waals surface area (Å²) in [4.78, 5) is 8.64. The minimum absolute atomic E-state index is 0.784. The van der Waals surface area contributed by atoms with Crippen molar-refractivity contribution >= 4 is 11.6 Å². The monoisotopic (exact) mass is 221 g/mol. The van der Waals surface area contributed by atoms with Crippen LogP contribution in [-0.2, 0) is 0 Å². The van der Waals surface area contributed by atoms with Gasteiger partial charge in [-0.25, -0.2) is 15.0 Å². The Morgan fingerprint density at radius 1 is 1.12 bits per heavy atom. The second kappa shape index (κ2) is 5.12. The summed E-state index contributed by atoms with van der Waals surface area (Å²) in [5.41, 5.74) is 3.34. The van der Waals surface area contributed by atoms with E-state index in [1.54, 1.807) is 0 Å². The van der Waals surface area contributed by atoms with E-state index < -0.39 is 0 Å². The maximum Gasteiger partial charge on any atom is 0.146 e. The van der Waals surface area contributed by atoms with Crippen molar-refractivity contribution in [3.63, 3.8) is 0 Å². The van der Waals surface area contributed by atoms with E-state index in [9.17, 15) is 0 Å². The molecule has 0 spiro atoms. The molecule has 1 aromatic rings. The van der Waals surface area contributed by atoms with Crippen LogP contribution in [0.15, 0.2) is 6.07 Å². The van der Waals surface area contributed by atoms with Gasteiger partial charge in [-0.2, -0.15) is 0 Å². The van der Waals surface area contributed by atoms with Gasteiger partial charge in [-0.3, -0.25) is 0 Å². The van der Waals surface area contributed by atoms with Crippen LogP contribution in [0.4, 0.5) is 11.6 Å². The number of aryl methyl sites for hydroxylation is 1. The van der Waals surface area contributed by atoms with E-state index in [0.29, 0.717) is 0 Å². The lowest BCUT2D eigenvalue weighted by Gasteiger charge is -2.27. The topological polar surface area (TPSA) is 53.1 Å². The molecule has 0 saturated carbocycles. The SMILES string of the molecule is CNc1cc(NN2CCCCC2)nc(C)n1. The third-order valence-electron chi connectivity index (χ3n) is 2.72. The first-order chi connectivity index (χ1) is 7.78. The highest BCUT2D eigenvalue weighted by Gasteiger charge is 2.10. The van der Waals surface area contributed by atoms with E-state index in [2.05, 4.69) is 25.7 Å². The lowest BCUT2D eigenvalue weighted by atomic mass is 10.2. The molecule has 2 rings (SSSR count). The van der Waals surface area contributed by atoms with Crippen molar-refractivity contribution in [1.29, 1.82) is 0 Å². The van der Waals surface area contributed by atoms with Gasteiger partial charge in [0.05, 0.1) is 0 Å². The van der Waals surface area contributed by atoms with Crippen LogP contribution in [0.3, 0.4) is 0 Å². The van der Waals surface area contributed by atoms with Gasteiger partial charge in [0.15, 0.2) is 0 Å². The van der Waals surface area contributed by atoms with Gasteiger partial charge in [-0.05, 0) is 19.8 Å². The average molecular weight is 221 g/mol. The number of hydrazine groups is 1. The Labute approximate surface area is 96.2 Å². The largest absolute Gasteiger partial charge is 0.373 e. The highest BCUT2D eigenvalue weighted by molar-refractivity contribution is 5.46. The number of nitrogens with zero attached hydrogens (tertiary/aromatic N) is 3. The summed E-state index contributed by atoms with van der Waals surface area (Å²) in [7, 11) is 1.87. The smallest absolute Gasteiger partial charge is 0.146 e. The lowest BCUT2D eigenvalue weighted by Crippen LogP contribution is -2.35. The fourth-order valence-corrected chi connectivity index (χ4v) is 1.92. The Kier molecular flexibility index (Phi) is 3.56. The van der Waals surface area contributed by atoms with Crippen molar-refractivity contribution < 1.29 is 0 Å². The molecule has 16 heavy (non-hydrogen) atoms. The number of nitrogens with one attached hydrogen (secondary N) is 2. The van der Waals surface area contributed by atoms with Crippen molar-refractivity contribution in [2.45, 2.75) is 26.2 Å². The molecule has 1 aromatic heterocycles. The Balaban J connectivity index is 2.04. The van der Waals surface area contributed by atoms with Crippen molar-refractivity contribution in [3.8, 4) is 0 Å². The summed E-state index contributed by atoms with van der Waals surface area (Å²) >= 11 is 0. The summed E-state index contributed by atoms with van der Waals surface area (Å²) in [5, 5.41) is 5.26. The lowest BCUT2D eigenvalue weighted by molar-refractivity contribution is 0.272. The molecule has 0 unspecified atom stereocenters. The molecule has 0 atom stereocenters. The molecule has 2 heterocycles. The van der Waals surface area contributed by atoms with Crippen LogP contribution in [0.1, 0.15) is 25.1 Å². The fourth-order valence-electron chi connectivity index (χ4n) is 1.92. The van der Waals surface area contributed by atoms with Gasteiger partial charge in [0.2, 0.25) is 0 Å². The van der Waals surface area contributed by atoms with Crippen LogP contribution in [-0.4, -0.2) is 35.1 Å². The Morgan fingerprint density at radius 2 is 1.81 bits per heavy atom. The molecule has 1 aliphatic rings. The molecule has 5 nitrogen and oxygen atoms in total. The zero-order valence-electron chi connectivity index (χ0n) is 9.95. The first-order valence-corrected chi connectivity index (χ1v) is 5.83. The predicted molar refractivity (Wildman–Crippen MR) is 65.4 cm³/mol. The van der Waals surface area contributed by atoms with Gasteiger partial charge >= 0.3 is 0 Å². The van der Waals surface area contributed by atoms with Crippen LogP contribution in [0, 0.1) is 6.92 Å². The summed E-state index contributed by atoms with van der Waals surface area (Å²) in [6, 6.07) is 1.93. The minimum Gasteiger partial charge on any atom is -0.373 e. The molecular weight excluding hydrogens is 202 g/mol. The average Bonchev–Trinajstić information content (AvgIpc) is 2.29. The quantitative estimate of drug-likeness (QED) is 0.812. The predicted octanol–water partition coefficient (Wildman–Crippen LogP) is 1.64. The van der Waals surface area contributed by atoms with E-state index in [-0.39, 0.29) is 0 Å². The third kappa shape index (κ3) is 2.82. The molecule has 0 aromatic carbocycles. The summed E-state index contributed by atoms with van der Waals surface area (Å²) in [6.07, 6.45) is 3.86. The molecule has 88 valence electrons. The second-order valence-corrected chi connectivity index (χ2v) is 4.10. The van der Waals surface area contributed by atoms with E-state index >= 15 is 0 Å². The number of rotatable bonds is 3. The zero-order chi connectivity index (χ0) is 11.4. The van der Waals surface area contributed by atoms with Crippen LogP contribution in [0.25, 0.3) is 0 Å². The maximum absolute atomic E-state index is 4.37. The number of hydrogen-bond donors (Lipinski definition) is 2. The van der Waals surface area contributed by atoms with Gasteiger partial charge in [0, 0.05) is 26.2 Å². The van der Waals surface area contributed by atoms with Crippen LogP contribution in [0.5, 0.6) is 0 Å². The number of aromatic nitrogens is 2. The van der Waals surface area contributed by atoms with Crippen LogP contribution < -0.4 is 10.7 Å². The molecule has 1 aliphatic heterocycles. The van der Waals surface area contributed by atoms with E-state index in [4.69, 9.17) is 0 Å². The van der Waals surface area contributed by atoms with Crippen molar-refractivity contribution in [3.05, 3.63) is 11.9 Å². The number of hydrogen-bond acceptors (Lipinski definition) is 5. The molecule has 1 saturated heterocycles. The van der Waals surface area contributed by atoms with Gasteiger partial charge in [-0.15, -0.1) is 0 Å². The maximum atomic E-state index is 4.37. The molecule has 1 fully saturated rings. The minimum atomic E-state index is 0.784. The van der Waals surface area contributed by atoms with E-state index in [1.165, 1.54) is 19.3 Å². The number of anilines is 2. The van der Waals surface area contributed by atoms with Gasteiger partial charge in [0.25, 0.3) is 0 Å². The van der Waals surface area contributed by atoms with E-state index in [0.717, 1.165) is 30.5 Å². The highest BCUT2D eigenvalue weighted by atomic mass is 15.5. The summed E-state index contributed by atoms with van der Waals surface area (Å²) < 4.78 is 0. The first kappa shape index (κ1) is 11.1. The van der Waals surface area contributed by atoms with Gasteiger partial charge in [-0.1, -0.05) is 6.42 Å². The van der Waals surface area contributed by atoms with Crippen molar-refractivity contribution in [2.24, 2.45) is 0 Å². The summed E-state index contributed by atoms with van der Waals surface area (Å²) in [6.45, 7) is 4.10. The highest BCUT2D eigenvalue weighted by Crippen LogP contribution is 2.14. The molecule has 0 aliphatic carbocycles. The standard InChI is InChI=1S/C11H19N5/c1-9-13-10(12-2)8-11(14-9)15-16-6-4-3-5-7-16/h8H,3-7H2,1-2H3,(H2,12,13,14,15). The van der Waals surface area contributed by atoms with Crippen LogP contribution in [0.2, 0.25) is 0 Å². The third-order valence-corrected chi connectivity index (χ3v) is 2.72.